The van der Waals surface area contributed by atoms with Gasteiger partial charge in [0.2, 0.25) is 11.0 Å². The number of unbranched alkanes of at least 4 members (excludes halogenated alkanes) is 5. The predicted molar refractivity (Wildman–Crippen MR) is 210 cm³/mol. The average Bonchev–Trinajstić information content (AvgIpc) is 4.01. The normalized spacial score (nSPS) is 18.4. The molecule has 50 heavy (non-hydrogen) atoms. The van der Waals surface area contributed by atoms with Crippen molar-refractivity contribution in [2.75, 3.05) is 34.8 Å². The van der Waals surface area contributed by atoms with Crippen LogP contribution in [0.2, 0.25) is 0 Å². The van der Waals surface area contributed by atoms with Crippen LogP contribution < -0.4 is 31.6 Å². The van der Waals surface area contributed by atoms with Crippen LogP contribution >= 0.6 is 0 Å². The first-order valence-electron chi connectivity index (χ1n) is 19.0. The van der Waals surface area contributed by atoms with Crippen LogP contribution in [-0.4, -0.2) is 35.9 Å². The van der Waals surface area contributed by atoms with E-state index < -0.39 is 0 Å². The molecule has 2 saturated carbocycles. The van der Waals surface area contributed by atoms with Crippen LogP contribution in [-0.2, 0) is 0 Å². The summed E-state index contributed by atoms with van der Waals surface area (Å²) < 4.78 is 2.48. The number of hydrogen-bond acceptors (Lipinski definition) is 7. The van der Waals surface area contributed by atoms with Crippen molar-refractivity contribution in [3.63, 3.8) is 0 Å². The predicted octanol–water partition coefficient (Wildman–Crippen LogP) is 8.41. The summed E-state index contributed by atoms with van der Waals surface area (Å²) in [5, 5.41) is 7.52. The third-order valence-corrected chi connectivity index (χ3v) is 11.1. The van der Waals surface area contributed by atoms with E-state index >= 15 is 0 Å². The molecule has 1 aromatic heterocycles. The second-order valence-corrected chi connectivity index (χ2v) is 15.3. The number of aryl methyl sites for hydroxylation is 3. The molecule has 4 aliphatic rings. The number of nitrogens with one attached hydrogen (secondary N) is 2. The summed E-state index contributed by atoms with van der Waals surface area (Å²) in [6, 6.07) is 14.4. The van der Waals surface area contributed by atoms with Gasteiger partial charge in [-0.3, -0.25) is 0 Å². The summed E-state index contributed by atoms with van der Waals surface area (Å²) in [6.45, 7) is 10.5. The molecular weight excluding hydrogens is 617 g/mol. The highest BCUT2D eigenvalue weighted by atomic mass is 15.3. The van der Waals surface area contributed by atoms with E-state index in [1.807, 2.05) is 0 Å². The molecule has 8 nitrogen and oxygen atoms in total. The molecule has 0 amide bonds. The zero-order valence-electron chi connectivity index (χ0n) is 30.3. The number of nitrogens with two attached hydrogens (primary N) is 2. The highest BCUT2D eigenvalue weighted by molar-refractivity contribution is 6.09. The van der Waals surface area contributed by atoms with Gasteiger partial charge in [-0.25, -0.2) is 9.98 Å². The Labute approximate surface area is 296 Å². The Hall–Kier alpha value is -4.59. The van der Waals surface area contributed by atoms with Crippen molar-refractivity contribution in [3.05, 3.63) is 76.5 Å². The summed E-state index contributed by atoms with van der Waals surface area (Å²) in [4.78, 5) is 12.7. The van der Waals surface area contributed by atoms with Crippen LogP contribution in [0.5, 0.6) is 0 Å². The smallest absolute Gasteiger partial charge is 0.234 e. The number of hydrogen-bond donors (Lipinski definition) is 4. The summed E-state index contributed by atoms with van der Waals surface area (Å²) in [7, 11) is 0. The van der Waals surface area contributed by atoms with Gasteiger partial charge in [0.05, 0.1) is 23.1 Å². The first-order valence-corrected chi connectivity index (χ1v) is 19.0. The molecule has 3 aromatic carbocycles. The second kappa shape index (κ2) is 13.3. The minimum Gasteiger partial charge on any atom is -0.398 e. The number of aliphatic imine (C=N–C) groups is 1. The lowest BCUT2D eigenvalue weighted by Gasteiger charge is -2.39. The quantitative estimate of drug-likeness (QED) is 0.0493. The Balaban J connectivity index is 0.802. The van der Waals surface area contributed by atoms with Crippen molar-refractivity contribution in [1.82, 2.24) is 10.3 Å². The lowest BCUT2D eigenvalue weighted by Crippen LogP contribution is -2.45. The standard InChI is InChI=1S/C42H52N8/c1-25-17-35-39(21-31(25)43)49(29-11-12-29)41-23-33(27(3)19-37(41)47-35)45-15-9-7-5-6-8-10-16-46-34-24-42-38(20-28(34)4)48-36-18-26(2)32(44)22-40(36)50(42)30-13-14-30/h17-24,29-30,41,45H,5-16,43H2,1-4H3,(H2,44,46)/p+1. The van der Waals surface area contributed by atoms with E-state index in [4.69, 9.17) is 21.4 Å². The van der Waals surface area contributed by atoms with E-state index in [9.17, 15) is 0 Å². The molecule has 0 saturated heterocycles. The van der Waals surface area contributed by atoms with E-state index in [0.29, 0.717) is 12.1 Å². The first-order chi connectivity index (χ1) is 24.2. The monoisotopic (exact) mass is 669 g/mol. The van der Waals surface area contributed by atoms with Crippen LogP contribution in [0.15, 0.2) is 64.8 Å². The van der Waals surface area contributed by atoms with Crippen molar-refractivity contribution >= 4 is 56.2 Å². The third-order valence-electron chi connectivity index (χ3n) is 11.1. The van der Waals surface area contributed by atoms with Gasteiger partial charge in [-0.15, -0.1) is 0 Å². The highest BCUT2D eigenvalue weighted by Crippen LogP contribution is 2.45. The Bertz CT molecular complexity index is 2070. The Morgan fingerprint density at radius 1 is 0.740 bits per heavy atom. The summed E-state index contributed by atoms with van der Waals surface area (Å²) >= 11 is 0. The molecule has 4 aromatic rings. The number of nitrogen functional groups attached to an aromatic ring is 2. The Morgan fingerprint density at radius 2 is 1.38 bits per heavy atom. The van der Waals surface area contributed by atoms with Gasteiger partial charge in [0.25, 0.3) is 0 Å². The summed E-state index contributed by atoms with van der Waals surface area (Å²) in [5.41, 5.74) is 29.4. The Kier molecular flexibility index (Phi) is 8.65. The molecule has 0 radical (unpaired) electrons. The van der Waals surface area contributed by atoms with E-state index in [2.05, 4.69) is 96.3 Å². The summed E-state index contributed by atoms with van der Waals surface area (Å²) in [5.74, 6) is 0. The lowest BCUT2D eigenvalue weighted by atomic mass is 9.94. The van der Waals surface area contributed by atoms with Gasteiger partial charge in [0, 0.05) is 66.9 Å². The Morgan fingerprint density at radius 3 is 2.10 bits per heavy atom. The number of nitrogens with zero attached hydrogens (tertiary/aromatic N) is 4. The van der Waals surface area contributed by atoms with Crippen LogP contribution in [0.3, 0.4) is 0 Å². The molecule has 2 heterocycles. The number of aromatic nitrogens is 2. The minimum absolute atomic E-state index is 0.176. The fraction of sp³-hybridized carbons (Fsp3) is 0.452. The first kappa shape index (κ1) is 32.6. The van der Waals surface area contributed by atoms with Crippen molar-refractivity contribution in [1.29, 1.82) is 0 Å². The van der Waals surface area contributed by atoms with Crippen LogP contribution in [0.25, 0.3) is 22.1 Å². The van der Waals surface area contributed by atoms with E-state index in [1.54, 1.807) is 0 Å². The van der Waals surface area contributed by atoms with E-state index in [1.165, 1.54) is 97.9 Å². The van der Waals surface area contributed by atoms with Gasteiger partial charge in [-0.05, 0) is 112 Å². The fourth-order valence-corrected chi connectivity index (χ4v) is 7.86. The lowest BCUT2D eigenvalue weighted by molar-refractivity contribution is -0.649. The molecule has 260 valence electrons. The molecule has 0 spiro atoms. The molecule has 8 heteroatoms. The molecular formula is C42H53N8+. The van der Waals surface area contributed by atoms with Crippen molar-refractivity contribution in [2.45, 2.75) is 110 Å². The van der Waals surface area contributed by atoms with Gasteiger partial charge in [0.1, 0.15) is 11.0 Å². The zero-order chi connectivity index (χ0) is 34.5. The fourth-order valence-electron chi connectivity index (χ4n) is 7.86. The van der Waals surface area contributed by atoms with Crippen LogP contribution in [0.4, 0.5) is 28.4 Å². The maximum atomic E-state index is 6.34. The number of allylic oxidation sites excluding steroid dienone is 1. The second-order valence-electron chi connectivity index (χ2n) is 15.3. The minimum atomic E-state index is 0.176. The topological polar surface area (TPSA) is 108 Å². The maximum absolute atomic E-state index is 6.34. The molecule has 1 unspecified atom stereocenters. The molecule has 6 N–H and O–H groups in total. The van der Waals surface area contributed by atoms with Crippen molar-refractivity contribution in [3.8, 4) is 0 Å². The summed E-state index contributed by atoms with van der Waals surface area (Å²) in [6.07, 6.45) is 17.0. The van der Waals surface area contributed by atoms with Gasteiger partial charge in [-0.1, -0.05) is 25.7 Å². The molecule has 1 aliphatic heterocycles. The largest absolute Gasteiger partial charge is 0.398 e. The van der Waals surface area contributed by atoms with E-state index in [0.717, 1.165) is 63.5 Å². The van der Waals surface area contributed by atoms with Crippen molar-refractivity contribution < 1.29 is 4.57 Å². The van der Waals surface area contributed by atoms with Gasteiger partial charge in [-0.2, -0.15) is 4.57 Å². The number of benzene rings is 3. The molecule has 3 aliphatic carbocycles. The average molecular weight is 670 g/mol. The molecule has 1 atom stereocenters. The third kappa shape index (κ3) is 6.40. The van der Waals surface area contributed by atoms with E-state index in [-0.39, 0.29) is 6.04 Å². The molecule has 8 rings (SSSR count). The number of fused-ring (bicyclic) bond motifs is 4. The van der Waals surface area contributed by atoms with Gasteiger partial charge in [0.15, 0.2) is 6.04 Å². The van der Waals surface area contributed by atoms with Crippen molar-refractivity contribution in [2.24, 2.45) is 4.99 Å². The van der Waals surface area contributed by atoms with Gasteiger partial charge < -0.3 is 27.0 Å². The maximum Gasteiger partial charge on any atom is 0.234 e. The number of rotatable bonds is 13. The van der Waals surface area contributed by atoms with Gasteiger partial charge >= 0.3 is 0 Å². The number of anilines is 4. The molecule has 0 bridgehead atoms. The SMILES string of the molecule is CC1=CC2=Nc3cc(C)c(N)cc3N(C3CC3)C2C=C1NCCCCCCCCNc1cc2c(cc1C)nc1cc(C)c(N)cc1[n+]2C1CC1. The van der Waals surface area contributed by atoms with Crippen LogP contribution in [0, 0.1) is 20.8 Å². The highest BCUT2D eigenvalue weighted by Gasteiger charge is 2.40. The van der Waals surface area contributed by atoms with Crippen LogP contribution in [0.1, 0.15) is 93.9 Å². The molecule has 2 fully saturated rings. The zero-order valence-corrected chi connectivity index (χ0v) is 30.3.